The second-order valence-electron chi connectivity index (χ2n) is 5.73. The Morgan fingerprint density at radius 1 is 1.60 bits per heavy atom. The number of rotatable bonds is 5. The number of aryl methyl sites for hydroxylation is 1. The van der Waals surface area contributed by atoms with E-state index >= 15 is 0 Å². The first kappa shape index (κ1) is 15.9. The van der Waals surface area contributed by atoms with Gasteiger partial charge >= 0.3 is 0 Å². The molecule has 0 spiro atoms. The fraction of sp³-hybridized carbons (Fsp3) is 0.769. The molecule has 1 aliphatic rings. The molecule has 0 radical (unpaired) electrons. The van der Waals surface area contributed by atoms with Crippen molar-refractivity contribution >= 4 is 21.2 Å². The molecule has 7 heteroatoms. The van der Waals surface area contributed by atoms with Crippen LogP contribution in [-0.2, 0) is 16.4 Å². The largest absolute Gasteiger partial charge is 0.329 e. The van der Waals surface area contributed by atoms with E-state index in [9.17, 15) is 8.42 Å². The van der Waals surface area contributed by atoms with Crippen molar-refractivity contribution in [3.05, 3.63) is 16.1 Å². The summed E-state index contributed by atoms with van der Waals surface area (Å²) in [7, 11) is -1.13. The summed E-state index contributed by atoms with van der Waals surface area (Å²) in [6.45, 7) is 2.99. The van der Waals surface area contributed by atoms with Gasteiger partial charge in [0.1, 0.15) is 0 Å². The van der Waals surface area contributed by atoms with Crippen LogP contribution in [0.4, 0.5) is 0 Å². The number of thiazole rings is 1. The van der Waals surface area contributed by atoms with Crippen molar-refractivity contribution in [3.63, 3.8) is 0 Å². The summed E-state index contributed by atoms with van der Waals surface area (Å²) >= 11 is 1.61. The van der Waals surface area contributed by atoms with Crippen LogP contribution in [0.25, 0.3) is 0 Å². The highest BCUT2D eigenvalue weighted by Crippen LogP contribution is 2.38. The number of likely N-dealkylation sites (N-methyl/N-ethyl adjacent to an activating group) is 1. The van der Waals surface area contributed by atoms with Crippen molar-refractivity contribution < 1.29 is 8.42 Å². The maximum Gasteiger partial charge on any atom is 0.152 e. The van der Waals surface area contributed by atoms with Gasteiger partial charge in [-0.05, 0) is 26.8 Å². The van der Waals surface area contributed by atoms with Crippen LogP contribution >= 0.6 is 11.3 Å². The van der Waals surface area contributed by atoms with Crippen LogP contribution in [0.15, 0.2) is 5.38 Å². The Balaban J connectivity index is 2.25. The van der Waals surface area contributed by atoms with Gasteiger partial charge in [-0.1, -0.05) is 6.42 Å². The maximum atomic E-state index is 12.1. The first-order valence-corrected chi connectivity index (χ1v) is 9.64. The Kier molecular flexibility index (Phi) is 4.53. The molecule has 0 saturated heterocycles. The van der Waals surface area contributed by atoms with Crippen molar-refractivity contribution in [2.24, 2.45) is 5.73 Å². The molecule has 1 aliphatic carbocycles. The fourth-order valence-corrected chi connectivity index (χ4v) is 5.73. The number of nitrogens with zero attached hydrogens (tertiary/aromatic N) is 2. The molecule has 1 saturated carbocycles. The Morgan fingerprint density at radius 2 is 2.30 bits per heavy atom. The van der Waals surface area contributed by atoms with Gasteiger partial charge in [-0.15, -0.1) is 11.3 Å². The molecule has 1 fully saturated rings. The van der Waals surface area contributed by atoms with E-state index in [4.69, 9.17) is 5.73 Å². The van der Waals surface area contributed by atoms with E-state index in [-0.39, 0.29) is 5.25 Å². The Hall–Kier alpha value is -0.500. The average molecular weight is 317 g/mol. The van der Waals surface area contributed by atoms with Crippen molar-refractivity contribution in [1.82, 2.24) is 9.88 Å². The molecule has 1 heterocycles. The highest BCUT2D eigenvalue weighted by Gasteiger charge is 2.49. The van der Waals surface area contributed by atoms with Gasteiger partial charge in [0, 0.05) is 30.3 Å². The minimum Gasteiger partial charge on any atom is -0.329 e. The standard InChI is InChI=1S/C13H23N3O2S2/c1-10-15-11(8-19-10)7-16(2)13(9-14)6-4-5-12(13)20(3,17)18/h8,12H,4-7,9,14H2,1-3H3. The van der Waals surface area contributed by atoms with Gasteiger partial charge in [-0.3, -0.25) is 4.90 Å². The normalized spacial score (nSPS) is 27.4. The molecule has 2 atom stereocenters. The lowest BCUT2D eigenvalue weighted by atomic mass is 9.95. The molecule has 5 nitrogen and oxygen atoms in total. The van der Waals surface area contributed by atoms with Gasteiger partial charge in [0.2, 0.25) is 0 Å². The van der Waals surface area contributed by atoms with Crippen molar-refractivity contribution in [3.8, 4) is 0 Å². The molecule has 0 bridgehead atoms. The zero-order valence-electron chi connectivity index (χ0n) is 12.3. The van der Waals surface area contributed by atoms with E-state index in [1.165, 1.54) is 6.26 Å². The molecular formula is C13H23N3O2S2. The highest BCUT2D eigenvalue weighted by molar-refractivity contribution is 7.91. The number of hydrogen-bond donors (Lipinski definition) is 1. The zero-order valence-corrected chi connectivity index (χ0v) is 13.9. The summed E-state index contributed by atoms with van der Waals surface area (Å²) in [4.78, 5) is 6.56. The Morgan fingerprint density at radius 3 is 2.80 bits per heavy atom. The summed E-state index contributed by atoms with van der Waals surface area (Å²) in [6, 6.07) is 0. The average Bonchev–Trinajstić information content (AvgIpc) is 2.95. The smallest absolute Gasteiger partial charge is 0.152 e. The van der Waals surface area contributed by atoms with Crippen molar-refractivity contribution in [2.45, 2.75) is 43.5 Å². The van der Waals surface area contributed by atoms with E-state index < -0.39 is 15.4 Å². The molecule has 20 heavy (non-hydrogen) atoms. The van der Waals surface area contributed by atoms with Crippen LogP contribution in [0, 0.1) is 6.92 Å². The lowest BCUT2D eigenvalue weighted by Crippen LogP contribution is -2.58. The van der Waals surface area contributed by atoms with Gasteiger partial charge in [0.25, 0.3) is 0 Å². The number of aromatic nitrogens is 1. The SMILES string of the molecule is Cc1nc(CN(C)C2(CN)CCCC2S(C)(=O)=O)cs1. The third kappa shape index (κ3) is 2.90. The molecular weight excluding hydrogens is 294 g/mol. The summed E-state index contributed by atoms with van der Waals surface area (Å²) in [6.07, 6.45) is 3.78. The van der Waals surface area contributed by atoms with Gasteiger partial charge < -0.3 is 5.73 Å². The van der Waals surface area contributed by atoms with E-state index in [0.717, 1.165) is 23.5 Å². The maximum absolute atomic E-state index is 12.1. The molecule has 2 N–H and O–H groups in total. The summed E-state index contributed by atoms with van der Waals surface area (Å²) in [5, 5.41) is 2.69. The van der Waals surface area contributed by atoms with Crippen LogP contribution in [-0.4, -0.2) is 48.9 Å². The minimum absolute atomic E-state index is 0.365. The lowest BCUT2D eigenvalue weighted by Gasteiger charge is -2.41. The summed E-state index contributed by atoms with van der Waals surface area (Å²) in [5.74, 6) is 0. The van der Waals surface area contributed by atoms with Crippen LogP contribution in [0.2, 0.25) is 0 Å². The lowest BCUT2D eigenvalue weighted by molar-refractivity contribution is 0.125. The molecule has 114 valence electrons. The van der Waals surface area contributed by atoms with Crippen molar-refractivity contribution in [1.29, 1.82) is 0 Å². The molecule has 0 aromatic carbocycles. The van der Waals surface area contributed by atoms with Gasteiger partial charge in [-0.2, -0.15) is 0 Å². The van der Waals surface area contributed by atoms with E-state index in [1.807, 2.05) is 19.4 Å². The second kappa shape index (κ2) is 5.71. The van der Waals surface area contributed by atoms with Crippen LogP contribution in [0.3, 0.4) is 0 Å². The number of hydrogen-bond acceptors (Lipinski definition) is 6. The first-order chi connectivity index (χ1) is 9.29. The monoisotopic (exact) mass is 317 g/mol. The van der Waals surface area contributed by atoms with E-state index in [1.54, 1.807) is 11.3 Å². The topological polar surface area (TPSA) is 76.3 Å². The fourth-order valence-electron chi connectivity index (χ4n) is 3.34. The zero-order chi connectivity index (χ0) is 15.0. The van der Waals surface area contributed by atoms with Crippen molar-refractivity contribution in [2.75, 3.05) is 19.8 Å². The quantitative estimate of drug-likeness (QED) is 0.882. The summed E-state index contributed by atoms with van der Waals surface area (Å²) in [5.41, 5.74) is 6.53. The number of nitrogens with two attached hydrogens (primary N) is 1. The minimum atomic E-state index is -3.09. The first-order valence-electron chi connectivity index (χ1n) is 6.81. The molecule has 0 aliphatic heterocycles. The van der Waals surface area contributed by atoms with E-state index in [0.29, 0.717) is 19.5 Å². The van der Waals surface area contributed by atoms with Gasteiger partial charge in [0.15, 0.2) is 9.84 Å². The Labute approximate surface area is 125 Å². The van der Waals surface area contributed by atoms with Gasteiger partial charge in [0.05, 0.1) is 16.0 Å². The predicted molar refractivity (Wildman–Crippen MR) is 82.6 cm³/mol. The van der Waals surface area contributed by atoms with Crippen LogP contribution in [0.1, 0.15) is 30.0 Å². The van der Waals surface area contributed by atoms with Gasteiger partial charge in [-0.25, -0.2) is 13.4 Å². The van der Waals surface area contributed by atoms with Crippen LogP contribution < -0.4 is 5.73 Å². The predicted octanol–water partition coefficient (Wildman–Crippen LogP) is 1.18. The third-order valence-electron chi connectivity index (χ3n) is 4.37. The molecule has 2 rings (SSSR count). The van der Waals surface area contributed by atoms with Crippen LogP contribution in [0.5, 0.6) is 0 Å². The second-order valence-corrected chi connectivity index (χ2v) is 9.02. The molecule has 1 aromatic heterocycles. The molecule has 2 unspecified atom stereocenters. The Bertz CT molecular complexity index is 570. The number of sulfone groups is 1. The highest BCUT2D eigenvalue weighted by atomic mass is 32.2. The third-order valence-corrected chi connectivity index (χ3v) is 6.90. The van der Waals surface area contributed by atoms with E-state index in [2.05, 4.69) is 9.88 Å². The molecule has 1 aromatic rings. The summed E-state index contributed by atoms with van der Waals surface area (Å²) < 4.78 is 24.1. The molecule has 0 amide bonds.